The Morgan fingerprint density at radius 1 is 1.17 bits per heavy atom. The Morgan fingerprint density at radius 2 is 1.88 bits per heavy atom. The van der Waals surface area contributed by atoms with E-state index < -0.39 is 5.97 Å². The van der Waals surface area contributed by atoms with Crippen molar-refractivity contribution in [2.24, 2.45) is 0 Å². The van der Waals surface area contributed by atoms with E-state index >= 15 is 0 Å². The number of aryl methyl sites for hydroxylation is 1. The first-order valence-corrected chi connectivity index (χ1v) is 7.79. The lowest BCUT2D eigenvalue weighted by atomic mass is 9.87. The van der Waals surface area contributed by atoms with Gasteiger partial charge in [0.15, 0.2) is 0 Å². The molecule has 6 heteroatoms. The molecule has 0 amide bonds. The molecule has 0 atom stereocenters. The third-order valence-corrected chi connectivity index (χ3v) is 3.80. The van der Waals surface area contributed by atoms with E-state index in [0.717, 1.165) is 11.3 Å². The van der Waals surface area contributed by atoms with Gasteiger partial charge in [-0.2, -0.15) is 4.98 Å². The van der Waals surface area contributed by atoms with E-state index in [1.165, 1.54) is 10.1 Å². The molecule has 0 saturated heterocycles. The smallest absolute Gasteiger partial charge is 0.378 e. The Labute approximate surface area is 140 Å². The van der Waals surface area contributed by atoms with Crippen molar-refractivity contribution in [1.82, 2.24) is 19.6 Å². The first-order valence-electron chi connectivity index (χ1n) is 7.79. The van der Waals surface area contributed by atoms with Gasteiger partial charge in [-0.3, -0.25) is 0 Å². The van der Waals surface area contributed by atoms with Crippen LogP contribution in [0.4, 0.5) is 0 Å². The predicted octanol–water partition coefficient (Wildman–Crippen LogP) is 3.09. The van der Waals surface area contributed by atoms with E-state index in [4.69, 9.17) is 4.74 Å². The van der Waals surface area contributed by atoms with Gasteiger partial charge >= 0.3 is 5.97 Å². The molecule has 3 rings (SSSR count). The van der Waals surface area contributed by atoms with Crippen molar-refractivity contribution < 1.29 is 9.53 Å². The minimum atomic E-state index is -0.556. The summed E-state index contributed by atoms with van der Waals surface area (Å²) in [6.45, 7) is 8.54. The van der Waals surface area contributed by atoms with Gasteiger partial charge < -0.3 is 4.74 Å². The van der Waals surface area contributed by atoms with Crippen molar-refractivity contribution in [3.8, 4) is 0 Å². The first kappa shape index (κ1) is 16.1. The summed E-state index contributed by atoms with van der Waals surface area (Å²) in [5, 5.41) is 4.14. The molecule has 0 bridgehead atoms. The predicted molar refractivity (Wildman–Crippen MR) is 89.8 cm³/mol. The molecule has 0 saturated carbocycles. The van der Waals surface area contributed by atoms with E-state index in [1.54, 1.807) is 12.3 Å². The molecule has 0 aliphatic carbocycles. The fourth-order valence-corrected chi connectivity index (χ4v) is 2.31. The quantitative estimate of drug-likeness (QED) is 0.693. The number of hydrogen-bond donors (Lipinski definition) is 0. The Hall–Kier alpha value is -2.76. The summed E-state index contributed by atoms with van der Waals surface area (Å²) >= 11 is 0. The molecule has 0 radical (unpaired) electrons. The molecule has 0 N–H and O–H groups in total. The summed E-state index contributed by atoms with van der Waals surface area (Å²) in [5.41, 5.74) is 3.11. The molecular weight excluding hydrogens is 304 g/mol. The molecule has 2 heterocycles. The van der Waals surface area contributed by atoms with Crippen LogP contribution in [0.1, 0.15) is 48.2 Å². The van der Waals surface area contributed by atoms with E-state index in [2.05, 4.69) is 48.0 Å². The van der Waals surface area contributed by atoms with Gasteiger partial charge in [0.05, 0.1) is 0 Å². The topological polar surface area (TPSA) is 69.4 Å². The molecule has 3 aromatic rings. The highest BCUT2D eigenvalue weighted by molar-refractivity contribution is 5.85. The fourth-order valence-electron chi connectivity index (χ4n) is 2.31. The number of ether oxygens (including phenoxy) is 1. The monoisotopic (exact) mass is 324 g/mol. The maximum absolute atomic E-state index is 12.1. The first-order chi connectivity index (χ1) is 11.3. The number of carbonyl (C=O) groups is 1. The summed E-state index contributed by atoms with van der Waals surface area (Å²) in [4.78, 5) is 20.3. The van der Waals surface area contributed by atoms with Crippen LogP contribution in [-0.2, 0) is 16.8 Å². The van der Waals surface area contributed by atoms with Crippen LogP contribution in [0, 0.1) is 6.92 Å². The fraction of sp³-hybridized carbons (Fsp3) is 0.333. The lowest BCUT2D eigenvalue weighted by Gasteiger charge is -2.19. The molecule has 0 fully saturated rings. The Kier molecular flexibility index (Phi) is 4.05. The highest BCUT2D eigenvalue weighted by atomic mass is 16.5. The number of aromatic nitrogens is 4. The molecule has 0 spiro atoms. The lowest BCUT2D eigenvalue weighted by Crippen LogP contribution is -2.11. The summed E-state index contributed by atoms with van der Waals surface area (Å²) in [5.74, 6) is -0.153. The van der Waals surface area contributed by atoms with Gasteiger partial charge in [-0.25, -0.2) is 14.3 Å². The second-order valence-corrected chi connectivity index (χ2v) is 6.76. The third kappa shape index (κ3) is 3.27. The minimum absolute atomic E-state index is 0.0168. The summed E-state index contributed by atoms with van der Waals surface area (Å²) in [6.07, 6.45) is 1.63. The summed E-state index contributed by atoms with van der Waals surface area (Å²) in [6, 6.07) is 9.85. The molecule has 0 aliphatic rings. The van der Waals surface area contributed by atoms with Crippen molar-refractivity contribution in [1.29, 1.82) is 0 Å². The van der Waals surface area contributed by atoms with Crippen LogP contribution >= 0.6 is 0 Å². The minimum Gasteiger partial charge on any atom is -0.455 e. The number of hydrogen-bond acceptors (Lipinski definition) is 5. The SMILES string of the molecule is Cc1ccnc2nc(C(=O)OCc3ccc(C(C)(C)C)cc3)nn12. The number of carbonyl (C=O) groups excluding carboxylic acids is 1. The lowest BCUT2D eigenvalue weighted by molar-refractivity contribution is 0.0458. The zero-order chi connectivity index (χ0) is 17.3. The second-order valence-electron chi connectivity index (χ2n) is 6.76. The van der Waals surface area contributed by atoms with Crippen LogP contribution in [0.5, 0.6) is 0 Å². The molecular formula is C18H20N4O2. The molecule has 124 valence electrons. The van der Waals surface area contributed by atoms with Crippen LogP contribution < -0.4 is 0 Å². The van der Waals surface area contributed by atoms with Crippen LogP contribution in [0.3, 0.4) is 0 Å². The normalized spacial score (nSPS) is 11.7. The van der Waals surface area contributed by atoms with E-state index in [9.17, 15) is 4.79 Å². The van der Waals surface area contributed by atoms with E-state index in [0.29, 0.717) is 5.78 Å². The number of benzene rings is 1. The van der Waals surface area contributed by atoms with Gasteiger partial charge in [-0.1, -0.05) is 45.0 Å². The summed E-state index contributed by atoms with van der Waals surface area (Å²) in [7, 11) is 0. The van der Waals surface area contributed by atoms with Gasteiger partial charge in [-0.15, -0.1) is 5.10 Å². The molecule has 24 heavy (non-hydrogen) atoms. The molecule has 2 aromatic heterocycles. The molecule has 0 aliphatic heterocycles. The number of nitrogens with zero attached hydrogens (tertiary/aromatic N) is 4. The van der Waals surface area contributed by atoms with Gasteiger partial charge in [-0.05, 0) is 29.5 Å². The molecule has 6 nitrogen and oxygen atoms in total. The Bertz CT molecular complexity index is 876. The molecule has 0 unspecified atom stereocenters. The Morgan fingerprint density at radius 3 is 2.50 bits per heavy atom. The largest absolute Gasteiger partial charge is 0.455 e. The van der Waals surface area contributed by atoms with Gasteiger partial charge in [0.2, 0.25) is 0 Å². The summed E-state index contributed by atoms with van der Waals surface area (Å²) < 4.78 is 6.83. The number of fused-ring (bicyclic) bond motifs is 1. The number of rotatable bonds is 3. The van der Waals surface area contributed by atoms with Crippen LogP contribution in [-0.4, -0.2) is 25.6 Å². The van der Waals surface area contributed by atoms with E-state index in [1.807, 2.05) is 19.1 Å². The highest BCUT2D eigenvalue weighted by Gasteiger charge is 2.16. The standard InChI is InChI=1S/C18H20N4O2/c1-12-9-10-19-17-20-15(21-22(12)17)16(23)24-11-13-5-7-14(8-6-13)18(2,3)4/h5-10H,11H2,1-4H3. The van der Waals surface area contributed by atoms with Crippen molar-refractivity contribution in [2.75, 3.05) is 0 Å². The van der Waals surface area contributed by atoms with Crippen molar-refractivity contribution in [2.45, 2.75) is 39.7 Å². The maximum atomic E-state index is 12.1. The zero-order valence-corrected chi connectivity index (χ0v) is 14.3. The van der Waals surface area contributed by atoms with Crippen LogP contribution in [0.2, 0.25) is 0 Å². The van der Waals surface area contributed by atoms with Crippen LogP contribution in [0.15, 0.2) is 36.5 Å². The van der Waals surface area contributed by atoms with Crippen molar-refractivity contribution in [3.05, 3.63) is 59.2 Å². The average molecular weight is 324 g/mol. The zero-order valence-electron chi connectivity index (χ0n) is 14.3. The van der Waals surface area contributed by atoms with E-state index in [-0.39, 0.29) is 17.8 Å². The maximum Gasteiger partial charge on any atom is 0.378 e. The van der Waals surface area contributed by atoms with Crippen molar-refractivity contribution >= 4 is 11.7 Å². The molecule has 1 aromatic carbocycles. The highest BCUT2D eigenvalue weighted by Crippen LogP contribution is 2.22. The third-order valence-electron chi connectivity index (χ3n) is 3.80. The van der Waals surface area contributed by atoms with Crippen molar-refractivity contribution in [3.63, 3.8) is 0 Å². The van der Waals surface area contributed by atoms with Gasteiger partial charge in [0.1, 0.15) is 6.61 Å². The van der Waals surface area contributed by atoms with Gasteiger partial charge in [0.25, 0.3) is 11.6 Å². The number of esters is 1. The Balaban J connectivity index is 1.69. The van der Waals surface area contributed by atoms with Gasteiger partial charge in [0, 0.05) is 11.9 Å². The average Bonchev–Trinajstić information content (AvgIpc) is 2.98. The second kappa shape index (κ2) is 6.03. The van der Waals surface area contributed by atoms with Crippen LogP contribution in [0.25, 0.3) is 5.78 Å².